The largest absolute Gasteiger partial charge is 0.388 e. The van der Waals surface area contributed by atoms with E-state index in [-0.39, 0.29) is 11.1 Å². The summed E-state index contributed by atoms with van der Waals surface area (Å²) in [5.74, 6) is 1.18. The number of thioether (sulfide) groups is 1. The van der Waals surface area contributed by atoms with E-state index < -0.39 is 31.4 Å². The number of aryl methyl sites for hydroxylation is 1. The Labute approximate surface area is 162 Å². The van der Waals surface area contributed by atoms with Crippen molar-refractivity contribution >= 4 is 36.1 Å². The lowest BCUT2D eigenvalue weighted by Gasteiger charge is -2.19. The van der Waals surface area contributed by atoms with Crippen LogP contribution in [0, 0.1) is 6.92 Å². The molecule has 150 valence electrons. The first-order chi connectivity index (χ1) is 12.6. The summed E-state index contributed by atoms with van der Waals surface area (Å²) in [5, 5.41) is 21.7. The molecule has 4 atom stereocenters. The summed E-state index contributed by atoms with van der Waals surface area (Å²) < 4.78 is 7.69. The maximum atomic E-state index is 12.3. The van der Waals surface area contributed by atoms with Gasteiger partial charge in [0.1, 0.15) is 18.0 Å². The molecule has 0 spiro atoms. The molecule has 0 amide bonds. The average Bonchev–Trinajstić information content (AvgIpc) is 3.04. The van der Waals surface area contributed by atoms with Crippen LogP contribution in [-0.4, -0.2) is 79.6 Å². The van der Waals surface area contributed by atoms with E-state index in [4.69, 9.17) is 4.74 Å². The van der Waals surface area contributed by atoms with Crippen LogP contribution in [0.15, 0.2) is 9.95 Å². The van der Waals surface area contributed by atoms with Crippen LogP contribution in [0.25, 0.3) is 11.2 Å². The number of imidazole rings is 1. The van der Waals surface area contributed by atoms with E-state index in [0.29, 0.717) is 23.0 Å². The summed E-state index contributed by atoms with van der Waals surface area (Å²) in [6.07, 6.45) is 2.18. The fourth-order valence-corrected chi connectivity index (χ4v) is 4.89. The van der Waals surface area contributed by atoms with Crippen LogP contribution in [0.3, 0.4) is 0 Å². The average molecular weight is 414 g/mol. The van der Waals surface area contributed by atoms with E-state index in [9.17, 15) is 15.0 Å². The highest BCUT2D eigenvalue weighted by Crippen LogP contribution is 2.40. The van der Waals surface area contributed by atoms with Crippen molar-refractivity contribution in [3.05, 3.63) is 16.2 Å². The van der Waals surface area contributed by atoms with Crippen molar-refractivity contribution in [3.63, 3.8) is 0 Å². The van der Waals surface area contributed by atoms with Gasteiger partial charge in [0.15, 0.2) is 22.5 Å². The van der Waals surface area contributed by atoms with E-state index in [2.05, 4.69) is 34.6 Å². The molecule has 1 saturated heterocycles. The van der Waals surface area contributed by atoms with Gasteiger partial charge in [0.25, 0.3) is 5.56 Å². The molecule has 0 aliphatic carbocycles. The minimum Gasteiger partial charge on any atom is -0.388 e. The second-order valence-electron chi connectivity index (χ2n) is 7.52. The Morgan fingerprint density at radius 3 is 2.67 bits per heavy atom. The summed E-state index contributed by atoms with van der Waals surface area (Å²) in [6.45, 7) is 6.64. The molecule has 10 heteroatoms. The van der Waals surface area contributed by atoms with Gasteiger partial charge in [-0.3, -0.25) is 9.36 Å². The smallest absolute Gasteiger partial charge is 0.279 e. The number of nitrogens with one attached hydrogen (secondary N) is 1. The van der Waals surface area contributed by atoms with Crippen LogP contribution in [0.1, 0.15) is 25.4 Å². The Morgan fingerprint density at radius 1 is 1.33 bits per heavy atom. The second kappa shape index (κ2) is 7.72. The van der Waals surface area contributed by atoms with Crippen LogP contribution >= 0.6 is 18.6 Å². The van der Waals surface area contributed by atoms with Crippen molar-refractivity contribution < 1.29 is 14.9 Å². The highest BCUT2D eigenvalue weighted by Gasteiger charge is 2.45. The molecule has 2 aromatic heterocycles. The predicted molar refractivity (Wildman–Crippen MR) is 111 cm³/mol. The predicted octanol–water partition coefficient (Wildman–Crippen LogP) is 1.26. The second-order valence-corrected chi connectivity index (χ2v) is 13.1. The van der Waals surface area contributed by atoms with Gasteiger partial charge in [-0.1, -0.05) is 18.7 Å². The van der Waals surface area contributed by atoms with E-state index in [0.717, 1.165) is 11.9 Å². The minimum atomic E-state index is -1.27. The SMILES string of the molecule is C=P(C)(C)CCC1OC(n2c(SCC)nc3c(=O)[nH]c(C)nc32)[C@H](O)[C@@H]1O. The van der Waals surface area contributed by atoms with Crippen molar-refractivity contribution in [3.8, 4) is 0 Å². The Hall–Kier alpha value is -1.12. The summed E-state index contributed by atoms with van der Waals surface area (Å²) in [6, 6.07) is 0. The number of nitrogens with zero attached hydrogens (tertiary/aromatic N) is 3. The van der Waals surface area contributed by atoms with Gasteiger partial charge in [-0.15, -0.1) is 13.2 Å². The van der Waals surface area contributed by atoms with Crippen LogP contribution in [0.4, 0.5) is 0 Å². The molecular weight excluding hydrogens is 387 g/mol. The fourth-order valence-electron chi connectivity index (χ4n) is 3.19. The molecule has 27 heavy (non-hydrogen) atoms. The minimum absolute atomic E-state index is 0.204. The van der Waals surface area contributed by atoms with Gasteiger partial charge in [0.05, 0.1) is 6.10 Å². The van der Waals surface area contributed by atoms with Crippen molar-refractivity contribution in [2.24, 2.45) is 0 Å². The number of aromatic amines is 1. The molecule has 0 saturated carbocycles. The quantitative estimate of drug-likeness (QED) is 0.482. The Kier molecular flexibility index (Phi) is 5.89. The van der Waals surface area contributed by atoms with Crippen LogP contribution in [0.5, 0.6) is 0 Å². The number of hydrogen-bond donors (Lipinski definition) is 3. The molecule has 0 bridgehead atoms. The maximum absolute atomic E-state index is 12.3. The molecular formula is C17H27N4O4PS. The maximum Gasteiger partial charge on any atom is 0.279 e. The number of ether oxygens (including phenoxy) is 1. The van der Waals surface area contributed by atoms with Crippen molar-refractivity contribution in [2.75, 3.05) is 25.2 Å². The molecule has 3 heterocycles. The molecule has 2 aromatic rings. The number of fused-ring (bicyclic) bond motifs is 1. The normalized spacial score (nSPS) is 26.1. The number of H-pyrrole nitrogens is 1. The van der Waals surface area contributed by atoms with Crippen LogP contribution < -0.4 is 5.56 Å². The zero-order chi connectivity index (χ0) is 19.9. The molecule has 3 rings (SSSR count). The molecule has 0 radical (unpaired) electrons. The van der Waals surface area contributed by atoms with Crippen molar-refractivity contribution in [1.29, 1.82) is 0 Å². The standard InChI is InChI=1S/C17H27N4O4PS/c1-6-27-17-20-11-14(18-9(2)19-15(11)24)21(17)16-13(23)12(22)10(25-16)7-8-26(3,4)5/h10,12-13,16,22-23H,3,6-8H2,1-2,4-5H3,(H,18,19,24)/t10?,12-,13-,16?/m1/s1. The van der Waals surface area contributed by atoms with Crippen molar-refractivity contribution in [2.45, 2.75) is 50.0 Å². The first kappa shape index (κ1) is 20.6. The number of aliphatic hydroxyl groups is 2. The molecule has 1 fully saturated rings. The molecule has 1 aliphatic rings. The molecule has 0 aromatic carbocycles. The third kappa shape index (κ3) is 4.17. The monoisotopic (exact) mass is 414 g/mol. The summed E-state index contributed by atoms with van der Waals surface area (Å²) in [5.41, 5.74) is 0.228. The Morgan fingerprint density at radius 2 is 2.04 bits per heavy atom. The molecule has 2 unspecified atom stereocenters. The van der Waals surface area contributed by atoms with Crippen LogP contribution in [0.2, 0.25) is 0 Å². The number of aromatic nitrogens is 4. The van der Waals surface area contributed by atoms with Crippen molar-refractivity contribution in [1.82, 2.24) is 19.5 Å². The topological polar surface area (TPSA) is 113 Å². The lowest BCUT2D eigenvalue weighted by molar-refractivity contribution is -0.0400. The molecule has 1 aliphatic heterocycles. The van der Waals surface area contributed by atoms with E-state index in [1.807, 2.05) is 6.92 Å². The zero-order valence-electron chi connectivity index (χ0n) is 16.0. The highest BCUT2D eigenvalue weighted by atomic mass is 32.2. The Balaban J connectivity index is 2.02. The van der Waals surface area contributed by atoms with E-state index in [1.54, 1.807) is 11.5 Å². The van der Waals surface area contributed by atoms with Crippen LogP contribution in [-0.2, 0) is 4.74 Å². The van der Waals surface area contributed by atoms with Gasteiger partial charge >= 0.3 is 0 Å². The summed E-state index contributed by atoms with van der Waals surface area (Å²) in [4.78, 5) is 23.7. The van der Waals surface area contributed by atoms with E-state index in [1.165, 1.54) is 11.8 Å². The first-order valence-electron chi connectivity index (χ1n) is 8.93. The third-order valence-corrected chi connectivity index (χ3v) is 6.82. The van der Waals surface area contributed by atoms with Gasteiger partial charge in [0.2, 0.25) is 0 Å². The third-order valence-electron chi connectivity index (χ3n) is 4.52. The van der Waals surface area contributed by atoms with Gasteiger partial charge in [-0.25, -0.2) is 9.97 Å². The summed E-state index contributed by atoms with van der Waals surface area (Å²) >= 11 is 1.43. The Bertz CT molecular complexity index is 937. The molecule has 3 N–H and O–H groups in total. The number of rotatable bonds is 6. The van der Waals surface area contributed by atoms with Gasteiger partial charge in [0, 0.05) is 0 Å². The van der Waals surface area contributed by atoms with E-state index >= 15 is 0 Å². The van der Waals surface area contributed by atoms with Gasteiger partial charge < -0.3 is 19.9 Å². The molecule has 8 nitrogen and oxygen atoms in total. The first-order valence-corrected chi connectivity index (χ1v) is 13.0. The lowest BCUT2D eigenvalue weighted by Crippen LogP contribution is -2.32. The highest BCUT2D eigenvalue weighted by molar-refractivity contribution is 7.99. The van der Waals surface area contributed by atoms with Gasteiger partial charge in [-0.2, -0.15) is 0 Å². The lowest BCUT2D eigenvalue weighted by atomic mass is 10.1. The van der Waals surface area contributed by atoms with Gasteiger partial charge in [-0.05, 0) is 38.6 Å². The fraction of sp³-hybridized carbons (Fsp3) is 0.647. The number of aliphatic hydroxyl groups excluding tert-OH is 2. The summed E-state index contributed by atoms with van der Waals surface area (Å²) in [7, 11) is 0. The number of hydrogen-bond acceptors (Lipinski definition) is 7. The zero-order valence-corrected chi connectivity index (χ0v) is 17.8.